The van der Waals surface area contributed by atoms with Gasteiger partial charge in [-0.15, -0.1) is 0 Å². The lowest BCUT2D eigenvalue weighted by Crippen LogP contribution is -2.45. The van der Waals surface area contributed by atoms with E-state index < -0.39 is 24.4 Å². The third-order valence-corrected chi connectivity index (χ3v) is 3.31. The molecule has 0 aromatic heterocycles. The average Bonchev–Trinajstić information content (AvgIpc) is 2.48. The van der Waals surface area contributed by atoms with Crippen molar-refractivity contribution in [3.05, 3.63) is 18.2 Å². The van der Waals surface area contributed by atoms with Crippen LogP contribution in [0.15, 0.2) is 18.2 Å². The van der Waals surface area contributed by atoms with Crippen LogP contribution < -0.4 is 15.0 Å². The first kappa shape index (κ1) is 21.3. The van der Waals surface area contributed by atoms with Crippen molar-refractivity contribution in [1.82, 2.24) is 0 Å². The summed E-state index contributed by atoms with van der Waals surface area (Å²) in [6, 6.07) is 5.06. The molecule has 1 aromatic carbocycles. The Morgan fingerprint density at radius 2 is 1.58 bits per heavy atom. The number of ether oxygens (including phenoxy) is 3. The zero-order valence-corrected chi connectivity index (χ0v) is 16.0. The van der Waals surface area contributed by atoms with Gasteiger partial charge in [-0.3, -0.25) is 19.3 Å². The largest absolute Gasteiger partial charge is 0.492 e. The molecule has 0 aliphatic rings. The van der Waals surface area contributed by atoms with Gasteiger partial charge in [0, 0.05) is 26.5 Å². The molecule has 8 nitrogen and oxygen atoms in total. The van der Waals surface area contributed by atoms with E-state index in [1.54, 1.807) is 36.9 Å². The number of carbonyl (C=O) groups excluding carboxylic acids is 3. The molecule has 0 saturated heterocycles. The second-order valence-electron chi connectivity index (χ2n) is 5.62. The molecule has 0 aliphatic heterocycles. The van der Waals surface area contributed by atoms with Crippen LogP contribution >= 0.6 is 0 Å². The Labute approximate surface area is 153 Å². The molecule has 1 rings (SSSR count). The molecule has 0 heterocycles. The molecular formula is C18H26N2O6. The summed E-state index contributed by atoms with van der Waals surface area (Å²) in [4.78, 5) is 35.8. The summed E-state index contributed by atoms with van der Waals surface area (Å²) in [5.74, 6) is -0.686. The lowest BCUT2D eigenvalue weighted by molar-refractivity contribution is -0.150. The number of hydrogen-bond donors (Lipinski definition) is 1. The Bertz CT molecular complexity index is 639. The predicted octanol–water partition coefficient (Wildman–Crippen LogP) is 2.67. The summed E-state index contributed by atoms with van der Waals surface area (Å²) in [5.41, 5.74) is 1.05. The van der Waals surface area contributed by atoms with Gasteiger partial charge in [0.25, 0.3) is 0 Å². The molecule has 1 N–H and O–H groups in total. The van der Waals surface area contributed by atoms with Crippen LogP contribution in [-0.2, 0) is 23.9 Å². The zero-order chi connectivity index (χ0) is 19.9. The van der Waals surface area contributed by atoms with E-state index in [1.165, 1.54) is 20.8 Å². The third-order valence-electron chi connectivity index (χ3n) is 3.31. The zero-order valence-electron chi connectivity index (χ0n) is 16.0. The summed E-state index contributed by atoms with van der Waals surface area (Å²) in [5, 5.41) is 2.69. The summed E-state index contributed by atoms with van der Waals surface area (Å²) in [7, 11) is 0. The summed E-state index contributed by atoms with van der Waals surface area (Å²) in [6.45, 7) is 9.54. The molecule has 0 bridgehead atoms. The van der Waals surface area contributed by atoms with Crippen molar-refractivity contribution in [3.8, 4) is 5.75 Å². The van der Waals surface area contributed by atoms with E-state index >= 15 is 0 Å². The Morgan fingerprint density at radius 1 is 1.04 bits per heavy atom. The van der Waals surface area contributed by atoms with Crippen molar-refractivity contribution in [2.75, 3.05) is 16.8 Å². The fraction of sp³-hybridized carbons (Fsp3) is 0.500. The molecular weight excluding hydrogens is 340 g/mol. The molecule has 1 amide bonds. The number of nitrogens with one attached hydrogen (secondary N) is 1. The van der Waals surface area contributed by atoms with Gasteiger partial charge in [-0.2, -0.15) is 0 Å². The van der Waals surface area contributed by atoms with Crippen LogP contribution in [0.2, 0.25) is 0 Å². The summed E-state index contributed by atoms with van der Waals surface area (Å²) in [6.07, 6.45) is -1.48. The van der Waals surface area contributed by atoms with E-state index in [1.807, 2.05) is 6.92 Å². The standard InChI is InChI=1S/C18H26N2O6/c1-7-24-18-9-8-16(19-11(2)21)10-17(18)20(12(3)25-14(5)22)13(4)26-15(6)23/h8-10,12-13H,7H2,1-6H3,(H,19,21). The van der Waals surface area contributed by atoms with Gasteiger partial charge in [-0.05, 0) is 39.0 Å². The van der Waals surface area contributed by atoms with Crippen LogP contribution in [0.3, 0.4) is 0 Å². The first-order valence-corrected chi connectivity index (χ1v) is 8.32. The molecule has 144 valence electrons. The van der Waals surface area contributed by atoms with Crippen molar-refractivity contribution < 1.29 is 28.6 Å². The van der Waals surface area contributed by atoms with Crippen molar-refractivity contribution in [3.63, 3.8) is 0 Å². The fourth-order valence-corrected chi connectivity index (χ4v) is 2.56. The number of carbonyl (C=O) groups is 3. The molecule has 0 saturated carbocycles. The number of benzene rings is 1. The fourth-order valence-electron chi connectivity index (χ4n) is 2.56. The van der Waals surface area contributed by atoms with Crippen molar-refractivity contribution in [2.45, 2.75) is 54.0 Å². The average molecular weight is 366 g/mol. The van der Waals surface area contributed by atoms with Gasteiger partial charge in [-0.25, -0.2) is 0 Å². The molecule has 2 unspecified atom stereocenters. The minimum atomic E-state index is -0.742. The van der Waals surface area contributed by atoms with Crippen molar-refractivity contribution in [2.24, 2.45) is 0 Å². The van der Waals surface area contributed by atoms with E-state index in [0.29, 0.717) is 23.7 Å². The van der Waals surface area contributed by atoms with Crippen LogP contribution in [0.5, 0.6) is 5.75 Å². The highest BCUT2D eigenvalue weighted by Gasteiger charge is 2.28. The number of esters is 2. The molecule has 0 fully saturated rings. The van der Waals surface area contributed by atoms with Crippen LogP contribution in [0.25, 0.3) is 0 Å². The predicted molar refractivity (Wildman–Crippen MR) is 96.8 cm³/mol. The minimum absolute atomic E-state index is 0.229. The smallest absolute Gasteiger partial charge is 0.304 e. The lowest BCUT2D eigenvalue weighted by Gasteiger charge is -2.35. The molecule has 8 heteroatoms. The van der Waals surface area contributed by atoms with Gasteiger partial charge >= 0.3 is 11.9 Å². The van der Waals surface area contributed by atoms with E-state index in [9.17, 15) is 14.4 Å². The van der Waals surface area contributed by atoms with Crippen LogP contribution in [0.1, 0.15) is 41.5 Å². The lowest BCUT2D eigenvalue weighted by atomic mass is 10.2. The monoisotopic (exact) mass is 366 g/mol. The van der Waals surface area contributed by atoms with Crippen LogP contribution in [0, 0.1) is 0 Å². The Kier molecular flexibility index (Phi) is 7.89. The summed E-state index contributed by atoms with van der Waals surface area (Å²) >= 11 is 0. The SMILES string of the molecule is CCOc1ccc(NC(C)=O)cc1N(C(C)OC(C)=O)C(C)OC(C)=O. The summed E-state index contributed by atoms with van der Waals surface area (Å²) < 4.78 is 16.2. The second-order valence-corrected chi connectivity index (χ2v) is 5.62. The van der Waals surface area contributed by atoms with E-state index in [2.05, 4.69) is 5.32 Å². The van der Waals surface area contributed by atoms with Gasteiger partial charge < -0.3 is 19.5 Å². The maximum atomic E-state index is 11.4. The quantitative estimate of drug-likeness (QED) is 0.558. The molecule has 26 heavy (non-hydrogen) atoms. The molecule has 1 aromatic rings. The maximum Gasteiger partial charge on any atom is 0.304 e. The van der Waals surface area contributed by atoms with E-state index in [0.717, 1.165) is 0 Å². The van der Waals surface area contributed by atoms with Crippen LogP contribution in [0.4, 0.5) is 11.4 Å². The molecule has 2 atom stereocenters. The molecule has 0 spiro atoms. The highest BCUT2D eigenvalue weighted by atomic mass is 16.6. The number of amides is 1. The van der Waals surface area contributed by atoms with E-state index in [4.69, 9.17) is 14.2 Å². The highest BCUT2D eigenvalue weighted by molar-refractivity contribution is 5.89. The Hall–Kier alpha value is -2.77. The van der Waals surface area contributed by atoms with Gasteiger partial charge in [-0.1, -0.05) is 0 Å². The molecule has 0 radical (unpaired) electrons. The minimum Gasteiger partial charge on any atom is -0.492 e. The number of nitrogens with zero attached hydrogens (tertiary/aromatic N) is 1. The van der Waals surface area contributed by atoms with E-state index in [-0.39, 0.29) is 5.91 Å². The van der Waals surface area contributed by atoms with Gasteiger partial charge in [0.2, 0.25) is 5.91 Å². The number of anilines is 2. The Balaban J connectivity index is 3.40. The Morgan fingerprint density at radius 3 is 2.00 bits per heavy atom. The topological polar surface area (TPSA) is 94.2 Å². The van der Waals surface area contributed by atoms with Gasteiger partial charge in [0.1, 0.15) is 5.75 Å². The van der Waals surface area contributed by atoms with Crippen LogP contribution in [-0.4, -0.2) is 36.9 Å². The third kappa shape index (κ3) is 6.27. The van der Waals surface area contributed by atoms with Crippen molar-refractivity contribution >= 4 is 29.2 Å². The second kappa shape index (κ2) is 9.65. The molecule has 0 aliphatic carbocycles. The number of rotatable bonds is 8. The highest BCUT2D eigenvalue weighted by Crippen LogP contribution is 2.35. The maximum absolute atomic E-state index is 11.4. The first-order valence-electron chi connectivity index (χ1n) is 8.32. The van der Waals surface area contributed by atoms with Gasteiger partial charge in [0.15, 0.2) is 12.5 Å². The number of hydrogen-bond acceptors (Lipinski definition) is 7. The normalized spacial score (nSPS) is 12.5. The van der Waals surface area contributed by atoms with Gasteiger partial charge in [0.05, 0.1) is 12.3 Å². The van der Waals surface area contributed by atoms with Crippen molar-refractivity contribution in [1.29, 1.82) is 0 Å². The first-order chi connectivity index (χ1) is 12.1.